The van der Waals surface area contributed by atoms with Crippen LogP contribution in [0.1, 0.15) is 13.3 Å². The van der Waals surface area contributed by atoms with E-state index in [2.05, 4.69) is 11.8 Å². The van der Waals surface area contributed by atoms with E-state index in [0.717, 1.165) is 19.1 Å². The average Bonchev–Trinajstić information content (AvgIpc) is 2.48. The monoisotopic (exact) mass is 114 g/mol. The summed E-state index contributed by atoms with van der Waals surface area (Å²) in [6, 6.07) is 0.874. The Labute approximate surface area is 50.7 Å². The van der Waals surface area contributed by atoms with Crippen molar-refractivity contribution in [3.8, 4) is 0 Å². The zero-order chi connectivity index (χ0) is 5.98. The minimum absolute atomic E-state index is 0.816. The Morgan fingerprint density at radius 3 is 2.88 bits per heavy atom. The largest absolute Gasteiger partial charge is 0.329 e. The molecule has 1 rings (SSSR count). The molecule has 48 valence electrons. The van der Waals surface area contributed by atoms with Crippen LogP contribution in [0, 0.1) is 0 Å². The van der Waals surface area contributed by atoms with Crippen LogP contribution in [0.5, 0.6) is 0 Å². The molecule has 2 heteroatoms. The summed E-state index contributed by atoms with van der Waals surface area (Å²) in [4.78, 5) is 2.40. The molecule has 1 heterocycles. The standard InChI is InChI=1S/C6H14N2/c1-2-6-5-8(6)4-3-7/h6H,2-5,7H2,1H3. The maximum absolute atomic E-state index is 5.34. The number of rotatable bonds is 3. The topological polar surface area (TPSA) is 29.0 Å². The summed E-state index contributed by atoms with van der Waals surface area (Å²) >= 11 is 0. The van der Waals surface area contributed by atoms with Crippen molar-refractivity contribution in [1.29, 1.82) is 0 Å². The number of nitrogens with two attached hydrogens (primary N) is 1. The van der Waals surface area contributed by atoms with Gasteiger partial charge in [-0.2, -0.15) is 0 Å². The molecule has 2 nitrogen and oxygen atoms in total. The third-order valence-electron chi connectivity index (χ3n) is 1.72. The lowest BCUT2D eigenvalue weighted by Gasteiger charge is -1.95. The van der Waals surface area contributed by atoms with Crippen molar-refractivity contribution in [2.45, 2.75) is 19.4 Å². The average molecular weight is 114 g/mol. The van der Waals surface area contributed by atoms with E-state index in [0.29, 0.717) is 0 Å². The highest BCUT2D eigenvalue weighted by molar-refractivity contribution is 4.87. The van der Waals surface area contributed by atoms with Crippen LogP contribution in [0.4, 0.5) is 0 Å². The van der Waals surface area contributed by atoms with E-state index in [4.69, 9.17) is 5.73 Å². The molecule has 0 aromatic carbocycles. The van der Waals surface area contributed by atoms with Crippen LogP contribution in [-0.2, 0) is 0 Å². The molecule has 0 spiro atoms. The van der Waals surface area contributed by atoms with Gasteiger partial charge < -0.3 is 5.73 Å². The zero-order valence-electron chi connectivity index (χ0n) is 5.43. The summed E-state index contributed by atoms with van der Waals surface area (Å²) in [5, 5.41) is 0. The molecule has 0 radical (unpaired) electrons. The highest BCUT2D eigenvalue weighted by atomic mass is 15.3. The maximum atomic E-state index is 5.34. The molecule has 0 aliphatic carbocycles. The van der Waals surface area contributed by atoms with Crippen LogP contribution < -0.4 is 5.73 Å². The van der Waals surface area contributed by atoms with Crippen molar-refractivity contribution >= 4 is 0 Å². The van der Waals surface area contributed by atoms with E-state index in [1.807, 2.05) is 0 Å². The van der Waals surface area contributed by atoms with E-state index in [9.17, 15) is 0 Å². The quantitative estimate of drug-likeness (QED) is 0.525. The molecule has 2 N–H and O–H groups in total. The highest BCUT2D eigenvalue weighted by Crippen LogP contribution is 2.18. The Kier molecular flexibility index (Phi) is 1.86. The lowest BCUT2D eigenvalue weighted by molar-refractivity contribution is 0.509. The van der Waals surface area contributed by atoms with Gasteiger partial charge in [-0.15, -0.1) is 0 Å². The Bertz CT molecular complexity index is 72.9. The molecular formula is C6H14N2. The lowest BCUT2D eigenvalue weighted by Crippen LogP contribution is -2.14. The third kappa shape index (κ3) is 1.20. The van der Waals surface area contributed by atoms with Crippen molar-refractivity contribution in [2.75, 3.05) is 19.6 Å². The first-order valence-corrected chi connectivity index (χ1v) is 3.32. The first-order valence-electron chi connectivity index (χ1n) is 3.32. The molecule has 0 saturated carbocycles. The van der Waals surface area contributed by atoms with Crippen LogP contribution in [0.15, 0.2) is 0 Å². The van der Waals surface area contributed by atoms with Gasteiger partial charge in [-0.05, 0) is 6.42 Å². The van der Waals surface area contributed by atoms with Crippen LogP contribution in [0.3, 0.4) is 0 Å². The second kappa shape index (κ2) is 2.46. The Balaban J connectivity index is 1.99. The summed E-state index contributed by atoms with van der Waals surface area (Å²) < 4.78 is 0. The van der Waals surface area contributed by atoms with Gasteiger partial charge in [0.15, 0.2) is 0 Å². The van der Waals surface area contributed by atoms with E-state index < -0.39 is 0 Å². The van der Waals surface area contributed by atoms with Crippen molar-refractivity contribution in [3.05, 3.63) is 0 Å². The van der Waals surface area contributed by atoms with Crippen LogP contribution in [0.25, 0.3) is 0 Å². The number of nitrogens with zero attached hydrogens (tertiary/aromatic N) is 1. The summed E-state index contributed by atoms with van der Waals surface area (Å²) in [7, 11) is 0. The Morgan fingerprint density at radius 1 is 1.75 bits per heavy atom. The molecule has 1 fully saturated rings. The van der Waals surface area contributed by atoms with Crippen LogP contribution >= 0.6 is 0 Å². The molecule has 0 aromatic heterocycles. The normalized spacial score (nSPS) is 35.2. The first kappa shape index (κ1) is 6.05. The Hall–Kier alpha value is -0.0800. The van der Waals surface area contributed by atoms with Gasteiger partial charge in [-0.3, -0.25) is 4.90 Å². The van der Waals surface area contributed by atoms with E-state index >= 15 is 0 Å². The molecule has 2 unspecified atom stereocenters. The number of hydrogen-bond acceptors (Lipinski definition) is 2. The fourth-order valence-corrected chi connectivity index (χ4v) is 1.05. The van der Waals surface area contributed by atoms with Crippen LogP contribution in [0.2, 0.25) is 0 Å². The first-order chi connectivity index (χ1) is 3.88. The summed E-state index contributed by atoms with van der Waals surface area (Å²) in [6.45, 7) is 5.42. The summed E-state index contributed by atoms with van der Waals surface area (Å²) in [5.41, 5.74) is 5.34. The van der Waals surface area contributed by atoms with Crippen molar-refractivity contribution < 1.29 is 0 Å². The predicted octanol–water partition coefficient (Wildman–Crippen LogP) is 0.0393. The Morgan fingerprint density at radius 2 is 2.50 bits per heavy atom. The van der Waals surface area contributed by atoms with E-state index in [-0.39, 0.29) is 0 Å². The van der Waals surface area contributed by atoms with E-state index in [1.165, 1.54) is 13.0 Å². The van der Waals surface area contributed by atoms with Gasteiger partial charge in [0.1, 0.15) is 0 Å². The second-order valence-corrected chi connectivity index (χ2v) is 2.35. The van der Waals surface area contributed by atoms with Gasteiger partial charge in [0, 0.05) is 25.7 Å². The van der Waals surface area contributed by atoms with Crippen molar-refractivity contribution in [2.24, 2.45) is 5.73 Å². The maximum Gasteiger partial charge on any atom is 0.0221 e. The minimum Gasteiger partial charge on any atom is -0.329 e. The van der Waals surface area contributed by atoms with Gasteiger partial charge in [-0.1, -0.05) is 6.92 Å². The minimum atomic E-state index is 0.816. The summed E-state index contributed by atoms with van der Waals surface area (Å²) in [5.74, 6) is 0. The van der Waals surface area contributed by atoms with Gasteiger partial charge >= 0.3 is 0 Å². The van der Waals surface area contributed by atoms with Gasteiger partial charge in [0.05, 0.1) is 0 Å². The van der Waals surface area contributed by atoms with Gasteiger partial charge in [-0.25, -0.2) is 0 Å². The number of hydrogen-bond donors (Lipinski definition) is 1. The highest BCUT2D eigenvalue weighted by Gasteiger charge is 2.30. The molecule has 0 aromatic rings. The smallest absolute Gasteiger partial charge is 0.0221 e. The second-order valence-electron chi connectivity index (χ2n) is 2.35. The zero-order valence-corrected chi connectivity index (χ0v) is 5.43. The lowest BCUT2D eigenvalue weighted by atomic mass is 10.4. The molecule has 1 aliphatic heterocycles. The van der Waals surface area contributed by atoms with Crippen molar-refractivity contribution in [3.63, 3.8) is 0 Å². The fraction of sp³-hybridized carbons (Fsp3) is 1.00. The third-order valence-corrected chi connectivity index (χ3v) is 1.72. The molecule has 1 saturated heterocycles. The molecule has 0 bridgehead atoms. The molecule has 0 amide bonds. The molecule has 2 atom stereocenters. The van der Waals surface area contributed by atoms with E-state index in [1.54, 1.807) is 0 Å². The SMILES string of the molecule is CCC1CN1CCN. The molecular weight excluding hydrogens is 100 g/mol. The summed E-state index contributed by atoms with van der Waals surface area (Å²) in [6.07, 6.45) is 1.29. The van der Waals surface area contributed by atoms with Gasteiger partial charge in [0.25, 0.3) is 0 Å². The van der Waals surface area contributed by atoms with Crippen molar-refractivity contribution in [1.82, 2.24) is 4.90 Å². The molecule has 8 heavy (non-hydrogen) atoms. The fourth-order valence-electron chi connectivity index (χ4n) is 1.05. The van der Waals surface area contributed by atoms with Crippen LogP contribution in [-0.4, -0.2) is 30.6 Å². The predicted molar refractivity (Wildman–Crippen MR) is 34.7 cm³/mol. The van der Waals surface area contributed by atoms with Gasteiger partial charge in [0.2, 0.25) is 0 Å². The molecule has 1 aliphatic rings.